The van der Waals surface area contributed by atoms with Gasteiger partial charge in [0, 0.05) is 6.54 Å². The third-order valence-electron chi connectivity index (χ3n) is 5.26. The van der Waals surface area contributed by atoms with Crippen LogP contribution in [0.2, 0.25) is 0 Å². The third-order valence-corrected chi connectivity index (χ3v) is 5.26. The normalized spacial score (nSPS) is 16.6. The van der Waals surface area contributed by atoms with Crippen molar-refractivity contribution in [2.24, 2.45) is 0 Å². The second-order valence-corrected chi connectivity index (χ2v) is 8.88. The van der Waals surface area contributed by atoms with Crippen LogP contribution in [0.3, 0.4) is 0 Å². The van der Waals surface area contributed by atoms with Gasteiger partial charge in [-0.3, -0.25) is 4.57 Å². The van der Waals surface area contributed by atoms with Gasteiger partial charge in [-0.15, -0.1) is 0 Å². The Hall–Kier alpha value is -3.09. The predicted molar refractivity (Wildman–Crippen MR) is 117 cm³/mol. The molecular formula is C24H28FN3O3. The Morgan fingerprint density at radius 3 is 2.77 bits per heavy atom. The van der Waals surface area contributed by atoms with Gasteiger partial charge < -0.3 is 14.4 Å². The molecule has 0 spiro atoms. The Balaban J connectivity index is 1.53. The summed E-state index contributed by atoms with van der Waals surface area (Å²) in [5, 5.41) is 0. The predicted octanol–water partition coefficient (Wildman–Crippen LogP) is 5.00. The number of nitrogens with zero attached hydrogens (tertiary/aromatic N) is 3. The lowest BCUT2D eigenvalue weighted by molar-refractivity contribution is 0.0183. The van der Waals surface area contributed by atoms with E-state index in [9.17, 15) is 9.18 Å². The number of ether oxygens (including phenoxy) is 2. The molecule has 0 aliphatic carbocycles. The maximum Gasteiger partial charge on any atom is 0.410 e. The highest BCUT2D eigenvalue weighted by molar-refractivity contribution is 5.76. The summed E-state index contributed by atoms with van der Waals surface area (Å²) in [5.74, 6) is -0.275. The fourth-order valence-corrected chi connectivity index (χ4v) is 3.87. The van der Waals surface area contributed by atoms with Gasteiger partial charge >= 0.3 is 6.09 Å². The zero-order valence-electron chi connectivity index (χ0n) is 18.2. The zero-order valence-corrected chi connectivity index (χ0v) is 18.2. The van der Waals surface area contributed by atoms with Crippen LogP contribution >= 0.6 is 0 Å². The second-order valence-electron chi connectivity index (χ2n) is 8.88. The second kappa shape index (κ2) is 8.57. The van der Waals surface area contributed by atoms with E-state index in [0.29, 0.717) is 25.7 Å². The summed E-state index contributed by atoms with van der Waals surface area (Å²) in [6.45, 7) is 7.01. The van der Waals surface area contributed by atoms with E-state index in [1.807, 2.05) is 55.7 Å². The molecule has 1 saturated heterocycles. The molecule has 1 aromatic heterocycles. The summed E-state index contributed by atoms with van der Waals surface area (Å²) in [6.07, 6.45) is 1.45. The molecule has 1 aliphatic heterocycles. The van der Waals surface area contributed by atoms with Crippen molar-refractivity contribution in [3.05, 3.63) is 59.9 Å². The van der Waals surface area contributed by atoms with Gasteiger partial charge in [0.25, 0.3) is 6.01 Å². The molecule has 7 heteroatoms. The fourth-order valence-electron chi connectivity index (χ4n) is 3.87. The van der Waals surface area contributed by atoms with E-state index < -0.39 is 5.60 Å². The largest absolute Gasteiger partial charge is 0.462 e. The van der Waals surface area contributed by atoms with Crippen molar-refractivity contribution >= 4 is 17.1 Å². The van der Waals surface area contributed by atoms with Gasteiger partial charge in [-0.2, -0.15) is 4.98 Å². The first kappa shape index (κ1) is 21.2. The number of benzene rings is 2. The number of para-hydroxylation sites is 2. The number of halogens is 1. The lowest BCUT2D eigenvalue weighted by Gasteiger charge is -2.28. The van der Waals surface area contributed by atoms with Crippen LogP contribution in [0.15, 0.2) is 48.5 Å². The van der Waals surface area contributed by atoms with Crippen LogP contribution in [-0.4, -0.2) is 45.3 Å². The summed E-state index contributed by atoms with van der Waals surface area (Å²) in [5.41, 5.74) is 2.01. The van der Waals surface area contributed by atoms with Crippen LogP contribution < -0.4 is 4.74 Å². The van der Waals surface area contributed by atoms with Crippen LogP contribution in [-0.2, 0) is 11.3 Å². The molecule has 2 heterocycles. The molecule has 1 atom stereocenters. The van der Waals surface area contributed by atoms with Gasteiger partial charge in [-0.05, 0) is 63.4 Å². The Bertz CT molecular complexity index is 1070. The number of aromatic nitrogens is 2. The molecule has 1 aliphatic rings. The zero-order chi connectivity index (χ0) is 22.0. The number of likely N-dealkylation sites (tertiary alicyclic amines) is 1. The number of carbonyl (C=O) groups is 1. The number of imidazole rings is 1. The standard InChI is InChI=1S/C24H28FN3O3/c1-24(2,3)31-23(29)27-13-7-10-19(27)16-30-22-26-20-11-4-5-12-21(20)28(22)15-17-8-6-9-18(25)14-17/h4-6,8-9,11-12,14,19H,7,10,13,15-16H2,1-3H3. The van der Waals surface area contributed by atoms with Gasteiger partial charge in [0.05, 0.1) is 23.6 Å². The van der Waals surface area contributed by atoms with Crippen molar-refractivity contribution < 1.29 is 18.7 Å². The van der Waals surface area contributed by atoms with Crippen molar-refractivity contribution in [1.29, 1.82) is 0 Å². The van der Waals surface area contributed by atoms with E-state index in [1.54, 1.807) is 11.0 Å². The summed E-state index contributed by atoms with van der Waals surface area (Å²) in [4.78, 5) is 18.9. The average Bonchev–Trinajstić information content (AvgIpc) is 3.30. The smallest absolute Gasteiger partial charge is 0.410 e. The minimum absolute atomic E-state index is 0.0720. The Kier molecular flexibility index (Phi) is 5.85. The summed E-state index contributed by atoms with van der Waals surface area (Å²) >= 11 is 0. The first-order chi connectivity index (χ1) is 14.8. The summed E-state index contributed by atoms with van der Waals surface area (Å²) in [6, 6.07) is 14.7. The molecule has 2 aromatic carbocycles. The highest BCUT2D eigenvalue weighted by atomic mass is 19.1. The number of hydrogen-bond acceptors (Lipinski definition) is 4. The maximum atomic E-state index is 13.7. The number of fused-ring (bicyclic) bond motifs is 1. The van der Waals surface area contributed by atoms with Crippen molar-refractivity contribution in [3.63, 3.8) is 0 Å². The highest BCUT2D eigenvalue weighted by Gasteiger charge is 2.33. The SMILES string of the molecule is CC(C)(C)OC(=O)N1CCCC1COc1nc2ccccc2n1Cc1cccc(F)c1. The first-order valence-electron chi connectivity index (χ1n) is 10.6. The van der Waals surface area contributed by atoms with Gasteiger partial charge in [0.15, 0.2) is 0 Å². The van der Waals surface area contributed by atoms with Crippen molar-refractivity contribution in [3.8, 4) is 6.01 Å². The lowest BCUT2D eigenvalue weighted by Crippen LogP contribution is -2.42. The third kappa shape index (κ3) is 4.98. The molecule has 6 nitrogen and oxygen atoms in total. The van der Waals surface area contributed by atoms with Gasteiger partial charge in [-0.1, -0.05) is 24.3 Å². The quantitative estimate of drug-likeness (QED) is 0.577. The molecule has 0 radical (unpaired) electrons. The molecular weight excluding hydrogens is 397 g/mol. The monoisotopic (exact) mass is 425 g/mol. The Morgan fingerprint density at radius 2 is 2.00 bits per heavy atom. The fraction of sp³-hybridized carbons (Fsp3) is 0.417. The van der Waals surface area contributed by atoms with E-state index in [2.05, 4.69) is 4.98 Å². The molecule has 31 heavy (non-hydrogen) atoms. The van der Waals surface area contributed by atoms with Crippen LogP contribution in [0.5, 0.6) is 6.01 Å². The highest BCUT2D eigenvalue weighted by Crippen LogP contribution is 2.26. The molecule has 1 fully saturated rings. The van der Waals surface area contributed by atoms with Gasteiger partial charge in [0.1, 0.15) is 18.0 Å². The number of hydrogen-bond donors (Lipinski definition) is 0. The van der Waals surface area contributed by atoms with Crippen LogP contribution in [0.25, 0.3) is 11.0 Å². The Labute approximate surface area is 181 Å². The summed E-state index contributed by atoms with van der Waals surface area (Å²) in [7, 11) is 0. The topological polar surface area (TPSA) is 56.6 Å². The van der Waals surface area contributed by atoms with Crippen molar-refractivity contribution in [2.75, 3.05) is 13.2 Å². The molecule has 3 aromatic rings. The van der Waals surface area contributed by atoms with Crippen LogP contribution in [0.4, 0.5) is 9.18 Å². The first-order valence-corrected chi connectivity index (χ1v) is 10.6. The molecule has 1 amide bonds. The summed E-state index contributed by atoms with van der Waals surface area (Å²) < 4.78 is 27.3. The van der Waals surface area contributed by atoms with E-state index in [4.69, 9.17) is 9.47 Å². The molecule has 164 valence electrons. The van der Waals surface area contributed by atoms with E-state index in [-0.39, 0.29) is 18.0 Å². The molecule has 0 N–H and O–H groups in total. The maximum absolute atomic E-state index is 13.7. The lowest BCUT2D eigenvalue weighted by atomic mass is 10.2. The Morgan fingerprint density at radius 1 is 1.19 bits per heavy atom. The van der Waals surface area contributed by atoms with Crippen molar-refractivity contribution in [1.82, 2.24) is 14.5 Å². The number of carbonyl (C=O) groups excluding carboxylic acids is 1. The molecule has 1 unspecified atom stereocenters. The van der Waals surface area contributed by atoms with E-state index in [1.165, 1.54) is 12.1 Å². The van der Waals surface area contributed by atoms with E-state index in [0.717, 1.165) is 29.4 Å². The van der Waals surface area contributed by atoms with Crippen LogP contribution in [0.1, 0.15) is 39.2 Å². The average molecular weight is 426 g/mol. The molecule has 0 saturated carbocycles. The minimum atomic E-state index is -0.538. The van der Waals surface area contributed by atoms with E-state index >= 15 is 0 Å². The molecule has 4 rings (SSSR count). The minimum Gasteiger partial charge on any atom is -0.462 e. The van der Waals surface area contributed by atoms with Gasteiger partial charge in [-0.25, -0.2) is 9.18 Å². The van der Waals surface area contributed by atoms with Crippen LogP contribution in [0, 0.1) is 5.82 Å². The number of rotatable bonds is 5. The van der Waals surface area contributed by atoms with Crippen molar-refractivity contribution in [2.45, 2.75) is 51.8 Å². The molecule has 0 bridgehead atoms. The van der Waals surface area contributed by atoms with Gasteiger partial charge in [0.2, 0.25) is 0 Å². The number of amides is 1.